The number of nitrogens with zero attached hydrogens (tertiary/aromatic N) is 1. The van der Waals surface area contributed by atoms with Crippen LogP contribution < -0.4 is 5.32 Å². The molecule has 1 fully saturated rings. The maximum absolute atomic E-state index is 5.46. The number of nitrogens with one attached hydrogen (secondary N) is 1. The molecule has 2 nitrogen and oxygen atoms in total. The van der Waals surface area contributed by atoms with Gasteiger partial charge in [0, 0.05) is 19.0 Å². The molecule has 1 N–H and O–H groups in total. The van der Waals surface area contributed by atoms with Gasteiger partial charge in [0.1, 0.15) is 0 Å². The Morgan fingerprint density at radius 1 is 1.42 bits per heavy atom. The second-order valence-electron chi connectivity index (χ2n) is 5.71. The van der Waals surface area contributed by atoms with E-state index in [4.69, 9.17) is 6.42 Å². The summed E-state index contributed by atoms with van der Waals surface area (Å²) in [6.07, 6.45) is 7.46. The molecule has 0 saturated carbocycles. The third kappa shape index (κ3) is 3.37. The van der Waals surface area contributed by atoms with Crippen LogP contribution in [0.1, 0.15) is 32.3 Å². The van der Waals surface area contributed by atoms with Crippen molar-refractivity contribution in [3.05, 3.63) is 35.9 Å². The SMILES string of the molecule is C#CCC(C)N1CCCNC(C)(c2ccccc2)C1. The standard InChI is InChI=1S/C17H24N2/c1-4-9-15(2)19-13-8-12-18-17(3,14-19)16-10-6-5-7-11-16/h1,5-7,10-11,15,18H,8-9,12-14H2,2-3H3. The molecule has 1 aromatic rings. The van der Waals surface area contributed by atoms with Gasteiger partial charge in [-0.1, -0.05) is 30.3 Å². The summed E-state index contributed by atoms with van der Waals surface area (Å²) >= 11 is 0. The highest BCUT2D eigenvalue weighted by atomic mass is 15.2. The number of hydrogen-bond acceptors (Lipinski definition) is 2. The molecule has 19 heavy (non-hydrogen) atoms. The zero-order chi connectivity index (χ0) is 13.7. The molecule has 0 aliphatic carbocycles. The van der Waals surface area contributed by atoms with Crippen molar-refractivity contribution < 1.29 is 0 Å². The molecule has 2 rings (SSSR count). The first-order valence-corrected chi connectivity index (χ1v) is 7.14. The minimum Gasteiger partial charge on any atom is -0.307 e. The summed E-state index contributed by atoms with van der Waals surface area (Å²) in [6, 6.07) is 11.2. The molecule has 0 radical (unpaired) electrons. The van der Waals surface area contributed by atoms with Crippen molar-refractivity contribution in [3.63, 3.8) is 0 Å². The van der Waals surface area contributed by atoms with E-state index in [1.807, 2.05) is 0 Å². The first-order chi connectivity index (χ1) is 9.15. The van der Waals surface area contributed by atoms with E-state index in [0.717, 1.165) is 26.1 Å². The van der Waals surface area contributed by atoms with Gasteiger partial charge in [-0.25, -0.2) is 0 Å². The van der Waals surface area contributed by atoms with Crippen LogP contribution in [-0.2, 0) is 5.54 Å². The summed E-state index contributed by atoms with van der Waals surface area (Å²) in [5, 5.41) is 3.71. The lowest BCUT2D eigenvalue weighted by atomic mass is 9.91. The lowest BCUT2D eigenvalue weighted by molar-refractivity contribution is 0.173. The topological polar surface area (TPSA) is 15.3 Å². The predicted molar refractivity (Wildman–Crippen MR) is 80.9 cm³/mol. The lowest BCUT2D eigenvalue weighted by Crippen LogP contribution is -2.48. The number of benzene rings is 1. The van der Waals surface area contributed by atoms with Crippen LogP contribution in [0.25, 0.3) is 0 Å². The monoisotopic (exact) mass is 256 g/mol. The highest BCUT2D eigenvalue weighted by Crippen LogP contribution is 2.25. The maximum Gasteiger partial charge on any atom is 0.0535 e. The first-order valence-electron chi connectivity index (χ1n) is 7.14. The van der Waals surface area contributed by atoms with Crippen molar-refractivity contribution in [2.24, 2.45) is 0 Å². The van der Waals surface area contributed by atoms with Gasteiger partial charge < -0.3 is 5.32 Å². The zero-order valence-corrected chi connectivity index (χ0v) is 12.0. The van der Waals surface area contributed by atoms with Crippen LogP contribution in [0, 0.1) is 12.3 Å². The van der Waals surface area contributed by atoms with E-state index < -0.39 is 0 Å². The molecule has 1 aliphatic rings. The van der Waals surface area contributed by atoms with Gasteiger partial charge in [0.15, 0.2) is 0 Å². The van der Waals surface area contributed by atoms with Crippen molar-refractivity contribution in [1.82, 2.24) is 10.2 Å². The van der Waals surface area contributed by atoms with Crippen molar-refractivity contribution in [3.8, 4) is 12.3 Å². The quantitative estimate of drug-likeness (QED) is 0.836. The van der Waals surface area contributed by atoms with Gasteiger partial charge in [-0.3, -0.25) is 4.90 Å². The van der Waals surface area contributed by atoms with E-state index in [0.29, 0.717) is 6.04 Å². The molecule has 0 bridgehead atoms. The fourth-order valence-corrected chi connectivity index (χ4v) is 2.86. The fraction of sp³-hybridized carbons (Fsp3) is 0.529. The summed E-state index contributed by atoms with van der Waals surface area (Å²) < 4.78 is 0. The Labute approximate surface area is 117 Å². The Balaban J connectivity index is 2.18. The van der Waals surface area contributed by atoms with Gasteiger partial charge in [0.25, 0.3) is 0 Å². The van der Waals surface area contributed by atoms with Crippen LogP contribution in [0.15, 0.2) is 30.3 Å². The van der Waals surface area contributed by atoms with Gasteiger partial charge >= 0.3 is 0 Å². The lowest BCUT2D eigenvalue weighted by Gasteiger charge is -2.36. The van der Waals surface area contributed by atoms with Crippen LogP contribution in [0.3, 0.4) is 0 Å². The predicted octanol–water partition coefficient (Wildman–Crippen LogP) is 2.61. The fourth-order valence-electron chi connectivity index (χ4n) is 2.86. The summed E-state index contributed by atoms with van der Waals surface area (Å²) in [5.41, 5.74) is 1.37. The summed E-state index contributed by atoms with van der Waals surface area (Å²) in [6.45, 7) is 7.72. The number of hydrogen-bond donors (Lipinski definition) is 1. The molecule has 1 heterocycles. The molecule has 102 valence electrons. The van der Waals surface area contributed by atoms with Gasteiger partial charge in [-0.15, -0.1) is 12.3 Å². The smallest absolute Gasteiger partial charge is 0.0535 e. The molecule has 1 aromatic carbocycles. The van der Waals surface area contributed by atoms with Crippen LogP contribution in [0.2, 0.25) is 0 Å². The molecule has 0 aromatic heterocycles. The van der Waals surface area contributed by atoms with E-state index >= 15 is 0 Å². The average Bonchev–Trinajstić information content (AvgIpc) is 2.63. The van der Waals surface area contributed by atoms with Crippen molar-refractivity contribution >= 4 is 0 Å². The normalized spacial score (nSPS) is 26.4. The second-order valence-corrected chi connectivity index (χ2v) is 5.71. The number of rotatable bonds is 3. The van der Waals surface area contributed by atoms with Crippen LogP contribution >= 0.6 is 0 Å². The second kappa shape index (κ2) is 6.23. The minimum atomic E-state index is 0.0145. The average molecular weight is 256 g/mol. The van der Waals surface area contributed by atoms with E-state index in [9.17, 15) is 0 Å². The Bertz CT molecular complexity index is 434. The third-order valence-electron chi connectivity index (χ3n) is 4.10. The van der Waals surface area contributed by atoms with E-state index in [1.54, 1.807) is 0 Å². The largest absolute Gasteiger partial charge is 0.307 e. The van der Waals surface area contributed by atoms with Gasteiger partial charge in [0.2, 0.25) is 0 Å². The molecular weight excluding hydrogens is 232 g/mol. The van der Waals surface area contributed by atoms with E-state index in [2.05, 4.69) is 60.3 Å². The van der Waals surface area contributed by atoms with Crippen molar-refractivity contribution in [2.75, 3.05) is 19.6 Å². The maximum atomic E-state index is 5.46. The van der Waals surface area contributed by atoms with Crippen molar-refractivity contribution in [2.45, 2.75) is 38.3 Å². The van der Waals surface area contributed by atoms with Gasteiger partial charge in [0.05, 0.1) is 5.54 Å². The number of terminal acetylenes is 1. The van der Waals surface area contributed by atoms with E-state index in [-0.39, 0.29) is 5.54 Å². The molecule has 1 aliphatic heterocycles. The molecule has 2 unspecified atom stereocenters. The first kappa shape index (κ1) is 14.1. The molecule has 2 atom stereocenters. The van der Waals surface area contributed by atoms with Crippen molar-refractivity contribution in [1.29, 1.82) is 0 Å². The Hall–Kier alpha value is -1.30. The van der Waals surface area contributed by atoms with Gasteiger partial charge in [-0.05, 0) is 38.9 Å². The van der Waals surface area contributed by atoms with Gasteiger partial charge in [-0.2, -0.15) is 0 Å². The Morgan fingerprint density at radius 3 is 2.84 bits per heavy atom. The van der Waals surface area contributed by atoms with E-state index in [1.165, 1.54) is 12.0 Å². The highest BCUT2D eigenvalue weighted by Gasteiger charge is 2.31. The summed E-state index contributed by atoms with van der Waals surface area (Å²) in [5.74, 6) is 2.79. The highest BCUT2D eigenvalue weighted by molar-refractivity contribution is 5.24. The molecule has 0 spiro atoms. The Kier molecular flexibility index (Phi) is 4.63. The van der Waals surface area contributed by atoms with Crippen LogP contribution in [-0.4, -0.2) is 30.6 Å². The third-order valence-corrected chi connectivity index (χ3v) is 4.10. The van der Waals surface area contributed by atoms with Crippen LogP contribution in [0.4, 0.5) is 0 Å². The summed E-state index contributed by atoms with van der Waals surface area (Å²) in [7, 11) is 0. The van der Waals surface area contributed by atoms with Crippen LogP contribution in [0.5, 0.6) is 0 Å². The molecule has 1 saturated heterocycles. The zero-order valence-electron chi connectivity index (χ0n) is 12.0. The molecular formula is C17H24N2. The Morgan fingerprint density at radius 2 is 2.16 bits per heavy atom. The minimum absolute atomic E-state index is 0.0145. The summed E-state index contributed by atoms with van der Waals surface area (Å²) in [4.78, 5) is 2.52. The molecule has 2 heteroatoms. The molecule has 0 amide bonds.